The van der Waals surface area contributed by atoms with Crippen molar-refractivity contribution in [3.8, 4) is 18.2 Å². The second-order valence-corrected chi connectivity index (χ2v) is 4.28. The van der Waals surface area contributed by atoms with Crippen molar-refractivity contribution >= 4 is 17.5 Å². The monoisotopic (exact) mass is 275 g/mol. The van der Waals surface area contributed by atoms with Crippen molar-refractivity contribution in [2.45, 2.75) is 19.6 Å². The third-order valence-corrected chi connectivity index (χ3v) is 2.81. The molecule has 20 heavy (non-hydrogen) atoms. The van der Waals surface area contributed by atoms with Crippen LogP contribution in [0.5, 0.6) is 5.88 Å². The highest BCUT2D eigenvalue weighted by molar-refractivity contribution is 5.68. The first-order chi connectivity index (χ1) is 9.55. The fourth-order valence-corrected chi connectivity index (χ4v) is 1.90. The fraction of sp³-hybridized carbons (Fsp3) is 0.385. The molecule has 1 aliphatic rings. The molecule has 1 aliphatic heterocycles. The standard InChI is InChI=1S/C13H17N5O2/c1-4-8-6-7(3)20-11(8)16-10-9(14)12(19-5-2)18-13(15)17-10/h1,8,11H,3,5-6,14H2,2H3,(H3,15,16,17,18). The summed E-state index contributed by atoms with van der Waals surface area (Å²) >= 11 is 0. The maximum absolute atomic E-state index is 5.94. The number of allylic oxidation sites excluding steroid dienone is 1. The summed E-state index contributed by atoms with van der Waals surface area (Å²) in [6.07, 6.45) is 5.61. The van der Waals surface area contributed by atoms with E-state index in [4.69, 9.17) is 27.4 Å². The maximum atomic E-state index is 5.94. The number of rotatable bonds is 4. The first-order valence-electron chi connectivity index (χ1n) is 6.18. The Labute approximate surface area is 117 Å². The fourth-order valence-electron chi connectivity index (χ4n) is 1.90. The van der Waals surface area contributed by atoms with E-state index in [1.807, 2.05) is 6.92 Å². The molecule has 2 unspecified atom stereocenters. The number of terminal acetylenes is 1. The lowest BCUT2D eigenvalue weighted by Crippen LogP contribution is -2.26. The first-order valence-corrected chi connectivity index (χ1v) is 6.18. The predicted octanol–water partition coefficient (Wildman–Crippen LogP) is 0.961. The summed E-state index contributed by atoms with van der Waals surface area (Å²) in [6, 6.07) is 0. The van der Waals surface area contributed by atoms with Crippen LogP contribution in [0.2, 0.25) is 0 Å². The molecule has 7 nitrogen and oxygen atoms in total. The third-order valence-electron chi connectivity index (χ3n) is 2.81. The van der Waals surface area contributed by atoms with Gasteiger partial charge in [-0.2, -0.15) is 9.97 Å². The highest BCUT2D eigenvalue weighted by Gasteiger charge is 2.31. The number of ether oxygens (including phenoxy) is 2. The van der Waals surface area contributed by atoms with Gasteiger partial charge in [0.1, 0.15) is 5.69 Å². The SMILES string of the molecule is C#CC1CC(=C)OC1Nc1nc(N)nc(OCC)c1N. The lowest BCUT2D eigenvalue weighted by atomic mass is 10.1. The molecule has 7 heteroatoms. The van der Waals surface area contributed by atoms with Crippen LogP contribution in [-0.4, -0.2) is 22.8 Å². The van der Waals surface area contributed by atoms with Crippen molar-refractivity contribution in [3.63, 3.8) is 0 Å². The minimum Gasteiger partial charge on any atom is -0.476 e. The van der Waals surface area contributed by atoms with Gasteiger partial charge >= 0.3 is 0 Å². The highest BCUT2D eigenvalue weighted by atomic mass is 16.5. The van der Waals surface area contributed by atoms with Gasteiger partial charge < -0.3 is 26.3 Å². The van der Waals surface area contributed by atoms with Crippen LogP contribution in [0, 0.1) is 18.3 Å². The zero-order valence-electron chi connectivity index (χ0n) is 11.2. The van der Waals surface area contributed by atoms with E-state index in [2.05, 4.69) is 27.8 Å². The molecule has 0 radical (unpaired) electrons. The molecule has 2 heterocycles. The van der Waals surface area contributed by atoms with Crippen LogP contribution in [0.25, 0.3) is 0 Å². The van der Waals surface area contributed by atoms with E-state index in [0.717, 1.165) is 0 Å². The van der Waals surface area contributed by atoms with E-state index in [1.54, 1.807) is 0 Å². The van der Waals surface area contributed by atoms with Gasteiger partial charge in [0.15, 0.2) is 12.0 Å². The summed E-state index contributed by atoms with van der Waals surface area (Å²) < 4.78 is 10.8. The topological polar surface area (TPSA) is 108 Å². The van der Waals surface area contributed by atoms with Gasteiger partial charge in [-0.25, -0.2) is 0 Å². The van der Waals surface area contributed by atoms with E-state index in [9.17, 15) is 0 Å². The molecule has 1 aromatic rings. The number of hydrogen-bond acceptors (Lipinski definition) is 7. The van der Waals surface area contributed by atoms with Crippen molar-refractivity contribution in [2.24, 2.45) is 5.92 Å². The van der Waals surface area contributed by atoms with Gasteiger partial charge in [-0.1, -0.05) is 12.5 Å². The zero-order chi connectivity index (χ0) is 14.7. The van der Waals surface area contributed by atoms with Crippen LogP contribution in [-0.2, 0) is 4.74 Å². The van der Waals surface area contributed by atoms with Crippen molar-refractivity contribution in [1.29, 1.82) is 0 Å². The summed E-state index contributed by atoms with van der Waals surface area (Å²) in [5.74, 6) is 3.74. The number of aromatic nitrogens is 2. The van der Waals surface area contributed by atoms with Crippen molar-refractivity contribution in [1.82, 2.24) is 9.97 Å². The summed E-state index contributed by atoms with van der Waals surface area (Å²) in [5, 5.41) is 3.02. The van der Waals surface area contributed by atoms with Gasteiger partial charge in [-0.3, -0.25) is 0 Å². The van der Waals surface area contributed by atoms with Gasteiger partial charge in [-0.05, 0) is 6.92 Å². The minimum atomic E-state index is -0.446. The quantitative estimate of drug-likeness (QED) is 0.702. The molecule has 106 valence electrons. The van der Waals surface area contributed by atoms with Gasteiger partial charge in [0, 0.05) is 6.42 Å². The normalized spacial score (nSPS) is 21.1. The van der Waals surface area contributed by atoms with Crippen molar-refractivity contribution in [3.05, 3.63) is 12.3 Å². The molecule has 0 spiro atoms. The number of anilines is 3. The van der Waals surface area contributed by atoms with Crippen LogP contribution in [0.1, 0.15) is 13.3 Å². The average Bonchev–Trinajstić information content (AvgIpc) is 2.75. The van der Waals surface area contributed by atoms with Crippen LogP contribution in [0.3, 0.4) is 0 Å². The molecule has 0 amide bonds. The van der Waals surface area contributed by atoms with Crippen LogP contribution in [0.15, 0.2) is 12.3 Å². The van der Waals surface area contributed by atoms with E-state index < -0.39 is 6.23 Å². The van der Waals surface area contributed by atoms with Gasteiger partial charge in [-0.15, -0.1) is 6.42 Å². The minimum absolute atomic E-state index is 0.0548. The number of nitrogen functional groups attached to an aromatic ring is 2. The molecule has 0 saturated carbocycles. The summed E-state index contributed by atoms with van der Waals surface area (Å²) in [6.45, 7) is 6.00. The van der Waals surface area contributed by atoms with E-state index in [1.165, 1.54) is 0 Å². The maximum Gasteiger partial charge on any atom is 0.244 e. The Balaban J connectivity index is 2.25. The number of nitrogens with zero attached hydrogens (tertiary/aromatic N) is 2. The van der Waals surface area contributed by atoms with Gasteiger partial charge in [0.2, 0.25) is 11.8 Å². The lowest BCUT2D eigenvalue weighted by molar-refractivity contribution is 0.171. The average molecular weight is 275 g/mol. The Morgan fingerprint density at radius 1 is 1.55 bits per heavy atom. The van der Waals surface area contributed by atoms with Crippen molar-refractivity contribution in [2.75, 3.05) is 23.4 Å². The van der Waals surface area contributed by atoms with E-state index in [0.29, 0.717) is 24.6 Å². The van der Waals surface area contributed by atoms with Gasteiger partial charge in [0.25, 0.3) is 0 Å². The molecule has 5 N–H and O–H groups in total. The zero-order valence-corrected chi connectivity index (χ0v) is 11.2. The Morgan fingerprint density at radius 2 is 2.30 bits per heavy atom. The Bertz CT molecular complexity index is 567. The Hall–Kier alpha value is -2.62. The molecular weight excluding hydrogens is 258 g/mol. The first kappa shape index (κ1) is 13.8. The molecule has 2 atom stereocenters. The molecule has 0 aliphatic carbocycles. The smallest absolute Gasteiger partial charge is 0.244 e. The number of nitrogens with two attached hydrogens (primary N) is 2. The molecule has 2 rings (SSSR count). The molecule has 0 bridgehead atoms. The summed E-state index contributed by atoms with van der Waals surface area (Å²) in [5.41, 5.74) is 11.8. The highest BCUT2D eigenvalue weighted by Crippen LogP contribution is 2.32. The number of nitrogens with one attached hydrogen (secondary N) is 1. The molecule has 1 aromatic heterocycles. The summed E-state index contributed by atoms with van der Waals surface area (Å²) in [7, 11) is 0. The molecule has 1 fully saturated rings. The Kier molecular flexibility index (Phi) is 3.84. The second-order valence-electron chi connectivity index (χ2n) is 4.28. The molecule has 1 saturated heterocycles. The van der Waals surface area contributed by atoms with Crippen LogP contribution < -0.4 is 21.5 Å². The predicted molar refractivity (Wildman–Crippen MR) is 76.6 cm³/mol. The summed E-state index contributed by atoms with van der Waals surface area (Å²) in [4.78, 5) is 7.98. The third kappa shape index (κ3) is 2.69. The lowest BCUT2D eigenvalue weighted by Gasteiger charge is -2.18. The van der Waals surface area contributed by atoms with E-state index in [-0.39, 0.29) is 23.4 Å². The van der Waals surface area contributed by atoms with Crippen LogP contribution >= 0.6 is 0 Å². The molecular formula is C13H17N5O2. The van der Waals surface area contributed by atoms with Gasteiger partial charge in [0.05, 0.1) is 18.3 Å². The Morgan fingerprint density at radius 3 is 2.95 bits per heavy atom. The largest absolute Gasteiger partial charge is 0.476 e. The second kappa shape index (κ2) is 5.57. The molecule has 0 aromatic carbocycles. The van der Waals surface area contributed by atoms with Crippen molar-refractivity contribution < 1.29 is 9.47 Å². The van der Waals surface area contributed by atoms with E-state index >= 15 is 0 Å². The number of hydrogen-bond donors (Lipinski definition) is 3. The van der Waals surface area contributed by atoms with Crippen LogP contribution in [0.4, 0.5) is 17.5 Å².